The summed E-state index contributed by atoms with van der Waals surface area (Å²) in [5.41, 5.74) is 0.151. The van der Waals surface area contributed by atoms with Crippen LogP contribution in [0.25, 0.3) is 0 Å². The minimum Gasteiger partial charge on any atom is -0.335 e. The summed E-state index contributed by atoms with van der Waals surface area (Å²) in [6, 6.07) is 0. The van der Waals surface area contributed by atoms with E-state index in [1.165, 1.54) is 0 Å². The van der Waals surface area contributed by atoms with Crippen LogP contribution in [0.5, 0.6) is 0 Å². The van der Waals surface area contributed by atoms with Crippen molar-refractivity contribution < 1.29 is 9.59 Å². The first kappa shape index (κ1) is 13.2. The zero-order chi connectivity index (χ0) is 12.3. The van der Waals surface area contributed by atoms with Crippen LogP contribution >= 0.6 is 0 Å². The topological polar surface area (TPSA) is 37.4 Å². The molecule has 1 aliphatic heterocycles. The van der Waals surface area contributed by atoms with Gasteiger partial charge in [0, 0.05) is 19.4 Å². The fourth-order valence-corrected chi connectivity index (χ4v) is 2.08. The van der Waals surface area contributed by atoms with Gasteiger partial charge in [-0.3, -0.25) is 9.59 Å². The van der Waals surface area contributed by atoms with Crippen molar-refractivity contribution in [3.05, 3.63) is 0 Å². The Balaban J connectivity index is 2.52. The van der Waals surface area contributed by atoms with Crippen molar-refractivity contribution in [3.8, 4) is 0 Å². The number of amides is 1. The second-order valence-corrected chi connectivity index (χ2v) is 5.83. The zero-order valence-electron chi connectivity index (χ0n) is 10.9. The SMILES string of the molecule is CCCC(=O)CN1CC(C(C)(C)C)CC1=O. The molecule has 1 fully saturated rings. The molecule has 1 unspecified atom stereocenters. The lowest BCUT2D eigenvalue weighted by Gasteiger charge is -2.26. The highest BCUT2D eigenvalue weighted by Crippen LogP contribution is 2.34. The molecule has 0 saturated carbocycles. The summed E-state index contributed by atoms with van der Waals surface area (Å²) in [4.78, 5) is 25.0. The Kier molecular flexibility index (Phi) is 4.11. The molecule has 0 bridgehead atoms. The number of hydrogen-bond donors (Lipinski definition) is 0. The van der Waals surface area contributed by atoms with Crippen molar-refractivity contribution in [3.63, 3.8) is 0 Å². The van der Waals surface area contributed by atoms with Gasteiger partial charge >= 0.3 is 0 Å². The van der Waals surface area contributed by atoms with Crippen LogP contribution in [0, 0.1) is 11.3 Å². The predicted molar refractivity (Wildman–Crippen MR) is 64.1 cm³/mol. The number of nitrogens with zero attached hydrogens (tertiary/aromatic N) is 1. The molecule has 0 aromatic heterocycles. The number of carbonyl (C=O) groups excluding carboxylic acids is 2. The van der Waals surface area contributed by atoms with E-state index in [0.717, 1.165) is 13.0 Å². The van der Waals surface area contributed by atoms with Crippen LogP contribution in [0.4, 0.5) is 0 Å². The Labute approximate surface area is 98.2 Å². The van der Waals surface area contributed by atoms with Gasteiger partial charge < -0.3 is 4.90 Å². The molecule has 0 aliphatic carbocycles. The number of rotatable bonds is 4. The number of hydrogen-bond acceptors (Lipinski definition) is 2. The van der Waals surface area contributed by atoms with Gasteiger partial charge in [-0.15, -0.1) is 0 Å². The maximum Gasteiger partial charge on any atom is 0.223 e. The Morgan fingerprint density at radius 1 is 1.44 bits per heavy atom. The van der Waals surface area contributed by atoms with Gasteiger partial charge in [0.1, 0.15) is 0 Å². The molecule has 1 aliphatic rings. The van der Waals surface area contributed by atoms with E-state index < -0.39 is 0 Å². The lowest BCUT2D eigenvalue weighted by atomic mass is 9.80. The minimum absolute atomic E-state index is 0.143. The third-order valence-corrected chi connectivity index (χ3v) is 3.34. The second kappa shape index (κ2) is 4.98. The van der Waals surface area contributed by atoms with Crippen LogP contribution in [-0.2, 0) is 9.59 Å². The summed E-state index contributed by atoms with van der Waals surface area (Å²) in [5.74, 6) is 0.712. The minimum atomic E-state index is 0.143. The lowest BCUT2D eigenvalue weighted by molar-refractivity contribution is -0.132. The third kappa shape index (κ3) is 3.32. The quantitative estimate of drug-likeness (QED) is 0.736. The molecule has 16 heavy (non-hydrogen) atoms. The predicted octanol–water partition coefficient (Wildman–Crippen LogP) is 2.25. The summed E-state index contributed by atoms with van der Waals surface area (Å²) in [7, 11) is 0. The molecular formula is C13H23NO2. The second-order valence-electron chi connectivity index (χ2n) is 5.83. The van der Waals surface area contributed by atoms with Gasteiger partial charge in [-0.05, 0) is 17.8 Å². The molecule has 1 saturated heterocycles. The summed E-state index contributed by atoms with van der Waals surface area (Å²) in [5, 5.41) is 0. The molecule has 1 amide bonds. The van der Waals surface area contributed by atoms with Gasteiger partial charge in [-0.2, -0.15) is 0 Å². The molecule has 0 radical (unpaired) electrons. The van der Waals surface area contributed by atoms with Gasteiger partial charge in [0.25, 0.3) is 0 Å². The highest BCUT2D eigenvalue weighted by molar-refractivity contribution is 5.87. The molecule has 92 valence electrons. The van der Waals surface area contributed by atoms with E-state index in [1.807, 2.05) is 6.92 Å². The van der Waals surface area contributed by atoms with Crippen molar-refractivity contribution in [2.45, 2.75) is 47.0 Å². The van der Waals surface area contributed by atoms with E-state index in [9.17, 15) is 9.59 Å². The number of likely N-dealkylation sites (tertiary alicyclic amines) is 1. The Morgan fingerprint density at radius 2 is 2.06 bits per heavy atom. The summed E-state index contributed by atoms with van der Waals surface area (Å²) in [6.07, 6.45) is 2.05. The van der Waals surface area contributed by atoms with E-state index in [-0.39, 0.29) is 17.1 Å². The van der Waals surface area contributed by atoms with Gasteiger partial charge in [-0.25, -0.2) is 0 Å². The molecule has 0 spiro atoms. The Bertz CT molecular complexity index is 278. The zero-order valence-corrected chi connectivity index (χ0v) is 10.9. The molecule has 1 atom stereocenters. The maximum atomic E-state index is 11.7. The Morgan fingerprint density at radius 3 is 2.50 bits per heavy atom. The first-order chi connectivity index (χ1) is 7.34. The van der Waals surface area contributed by atoms with Crippen molar-refractivity contribution in [1.82, 2.24) is 4.90 Å². The molecular weight excluding hydrogens is 202 g/mol. The first-order valence-corrected chi connectivity index (χ1v) is 6.14. The van der Waals surface area contributed by atoms with Crippen LogP contribution in [0.3, 0.4) is 0 Å². The van der Waals surface area contributed by atoms with E-state index in [0.29, 0.717) is 25.3 Å². The fraction of sp³-hybridized carbons (Fsp3) is 0.846. The van der Waals surface area contributed by atoms with Crippen LogP contribution < -0.4 is 0 Å². The Hall–Kier alpha value is -0.860. The number of ketones is 1. The van der Waals surface area contributed by atoms with Crippen LogP contribution in [0.2, 0.25) is 0 Å². The normalized spacial score (nSPS) is 21.6. The number of Topliss-reactive ketones (excluding diaryl/α,β-unsaturated/α-hetero) is 1. The standard InChI is InChI=1S/C13H23NO2/c1-5-6-11(15)9-14-8-10(7-12(14)16)13(2,3)4/h10H,5-9H2,1-4H3. The van der Waals surface area contributed by atoms with Gasteiger partial charge in [0.15, 0.2) is 5.78 Å². The highest BCUT2D eigenvalue weighted by atomic mass is 16.2. The maximum absolute atomic E-state index is 11.7. The average molecular weight is 225 g/mol. The summed E-state index contributed by atoms with van der Waals surface area (Å²) in [6.45, 7) is 9.52. The van der Waals surface area contributed by atoms with Crippen LogP contribution in [-0.4, -0.2) is 29.7 Å². The van der Waals surface area contributed by atoms with Crippen molar-refractivity contribution in [2.24, 2.45) is 11.3 Å². The van der Waals surface area contributed by atoms with Crippen LogP contribution in [0.1, 0.15) is 47.0 Å². The van der Waals surface area contributed by atoms with E-state index in [1.54, 1.807) is 4.90 Å². The average Bonchev–Trinajstić information content (AvgIpc) is 2.47. The molecule has 1 rings (SSSR count). The molecule has 3 heteroatoms. The molecule has 0 aromatic rings. The van der Waals surface area contributed by atoms with E-state index in [2.05, 4.69) is 20.8 Å². The summed E-state index contributed by atoms with van der Waals surface area (Å²) < 4.78 is 0. The van der Waals surface area contributed by atoms with Crippen LogP contribution in [0.15, 0.2) is 0 Å². The summed E-state index contributed by atoms with van der Waals surface area (Å²) >= 11 is 0. The molecule has 0 aromatic carbocycles. The van der Waals surface area contributed by atoms with Gasteiger partial charge in [0.2, 0.25) is 5.91 Å². The first-order valence-electron chi connectivity index (χ1n) is 6.14. The molecule has 3 nitrogen and oxygen atoms in total. The van der Waals surface area contributed by atoms with Crippen molar-refractivity contribution in [2.75, 3.05) is 13.1 Å². The lowest BCUT2D eigenvalue weighted by Crippen LogP contribution is -2.32. The highest BCUT2D eigenvalue weighted by Gasteiger charge is 2.37. The van der Waals surface area contributed by atoms with E-state index >= 15 is 0 Å². The third-order valence-electron chi connectivity index (χ3n) is 3.34. The van der Waals surface area contributed by atoms with E-state index in [4.69, 9.17) is 0 Å². The monoisotopic (exact) mass is 225 g/mol. The fourth-order valence-electron chi connectivity index (χ4n) is 2.08. The number of carbonyl (C=O) groups is 2. The largest absolute Gasteiger partial charge is 0.335 e. The van der Waals surface area contributed by atoms with Gasteiger partial charge in [-0.1, -0.05) is 27.7 Å². The molecule has 0 N–H and O–H groups in total. The smallest absolute Gasteiger partial charge is 0.223 e. The van der Waals surface area contributed by atoms with Gasteiger partial charge in [0.05, 0.1) is 6.54 Å². The van der Waals surface area contributed by atoms with Crippen molar-refractivity contribution in [1.29, 1.82) is 0 Å². The van der Waals surface area contributed by atoms with Crippen molar-refractivity contribution >= 4 is 11.7 Å². The molecule has 1 heterocycles.